The third kappa shape index (κ3) is 2.64. The third-order valence-electron chi connectivity index (χ3n) is 1.38. The smallest absolute Gasteiger partial charge is 0.0648 e. The van der Waals surface area contributed by atoms with Crippen LogP contribution in [0.4, 0.5) is 0 Å². The molecule has 1 rings (SSSR count). The third-order valence-corrected chi connectivity index (χ3v) is 4.96. The van der Waals surface area contributed by atoms with Crippen molar-refractivity contribution >= 4 is 48.1 Å². The van der Waals surface area contributed by atoms with Crippen LogP contribution in [-0.2, 0) is 0 Å². The molecule has 0 unspecified atom stereocenters. The Balaban J connectivity index is 3.00. The Bertz CT molecular complexity index is 280. The molecule has 0 aliphatic heterocycles. The summed E-state index contributed by atoms with van der Waals surface area (Å²) in [5, 5.41) is 0. The molecule has 12 heavy (non-hydrogen) atoms. The van der Waals surface area contributed by atoms with Crippen molar-refractivity contribution in [3.63, 3.8) is 0 Å². The van der Waals surface area contributed by atoms with Crippen LogP contribution < -0.4 is 0 Å². The highest BCUT2D eigenvalue weighted by atomic mass is 79.9. The van der Waals surface area contributed by atoms with E-state index in [-0.39, 0.29) is 0 Å². The van der Waals surface area contributed by atoms with Gasteiger partial charge in [-0.15, -0.1) is 11.8 Å². The molecule has 1 aromatic rings. The lowest BCUT2D eigenvalue weighted by molar-refractivity contribution is 1.66. The number of rotatable bonds is 2. The van der Waals surface area contributed by atoms with Gasteiger partial charge in [0.15, 0.2) is 0 Å². The van der Waals surface area contributed by atoms with Crippen LogP contribution in [0.15, 0.2) is 34.1 Å². The van der Waals surface area contributed by atoms with Gasteiger partial charge in [-0.05, 0) is 43.7 Å². The van der Waals surface area contributed by atoms with Crippen molar-refractivity contribution in [1.29, 1.82) is 0 Å². The van der Waals surface area contributed by atoms with E-state index in [2.05, 4.69) is 44.0 Å². The minimum absolute atomic E-state index is 1.11. The van der Waals surface area contributed by atoms with Crippen LogP contribution in [0.3, 0.4) is 0 Å². The summed E-state index contributed by atoms with van der Waals surface area (Å²) in [5.41, 5.74) is 1.19. The zero-order valence-electron chi connectivity index (χ0n) is 6.55. The molecular weight excluding hydrogens is 300 g/mol. The molecule has 0 heterocycles. The minimum atomic E-state index is 1.11. The van der Waals surface area contributed by atoms with E-state index < -0.39 is 0 Å². The van der Waals surface area contributed by atoms with Crippen molar-refractivity contribution in [2.24, 2.45) is 0 Å². The Labute approximate surface area is 93.7 Å². The normalized spacial score (nSPS) is 12.6. The first kappa shape index (κ1) is 10.4. The maximum Gasteiger partial charge on any atom is 0.0648 e. The Morgan fingerprint density at radius 1 is 1.17 bits per heavy atom. The summed E-state index contributed by atoms with van der Waals surface area (Å²) in [6.07, 6.45) is 2.04. The second-order valence-corrected chi connectivity index (χ2v) is 5.09. The zero-order valence-corrected chi connectivity index (χ0v) is 10.5. The number of thioether (sulfide) groups is 1. The van der Waals surface area contributed by atoms with Gasteiger partial charge < -0.3 is 0 Å². The molecule has 64 valence electrons. The molecular formula is C9H8Br2S. The average molecular weight is 308 g/mol. The topological polar surface area (TPSA) is 0 Å². The highest BCUT2D eigenvalue weighted by molar-refractivity contribution is 9.17. The molecule has 0 aliphatic carbocycles. The second-order valence-electron chi connectivity index (χ2n) is 2.16. The highest BCUT2D eigenvalue weighted by Crippen LogP contribution is 2.34. The molecule has 0 N–H and O–H groups in total. The van der Waals surface area contributed by atoms with Crippen LogP contribution in [0, 0.1) is 0 Å². The van der Waals surface area contributed by atoms with E-state index in [4.69, 9.17) is 0 Å². The first-order valence-electron chi connectivity index (χ1n) is 3.40. The molecule has 1 aromatic carbocycles. The van der Waals surface area contributed by atoms with Crippen molar-refractivity contribution in [2.45, 2.75) is 0 Å². The lowest BCUT2D eigenvalue weighted by atomic mass is 10.2. The van der Waals surface area contributed by atoms with Crippen LogP contribution in [-0.4, -0.2) is 6.26 Å². The van der Waals surface area contributed by atoms with Gasteiger partial charge >= 0.3 is 0 Å². The van der Waals surface area contributed by atoms with Crippen molar-refractivity contribution < 1.29 is 0 Å². The standard InChI is InChI=1S/C9H8Br2S/c1-12-9(11)8(10)7-5-3-2-4-6-7/h2-6H,1H3/b9-8-. The number of hydrogen-bond donors (Lipinski definition) is 0. The largest absolute Gasteiger partial charge is 0.121 e. The Kier molecular flexibility index (Phi) is 4.40. The van der Waals surface area contributed by atoms with Crippen molar-refractivity contribution in [1.82, 2.24) is 0 Å². The fourth-order valence-corrected chi connectivity index (χ4v) is 2.06. The lowest BCUT2D eigenvalue weighted by Gasteiger charge is -2.00. The van der Waals surface area contributed by atoms with E-state index in [9.17, 15) is 0 Å². The van der Waals surface area contributed by atoms with Gasteiger partial charge in [-0.25, -0.2) is 0 Å². The molecule has 0 amide bonds. The summed E-state index contributed by atoms with van der Waals surface area (Å²) in [5.74, 6) is 0. The van der Waals surface area contributed by atoms with Crippen LogP contribution >= 0.6 is 43.6 Å². The van der Waals surface area contributed by atoms with E-state index >= 15 is 0 Å². The molecule has 0 aliphatic rings. The lowest BCUT2D eigenvalue weighted by Crippen LogP contribution is -1.75. The first-order valence-corrected chi connectivity index (χ1v) is 6.21. The van der Waals surface area contributed by atoms with Gasteiger partial charge in [0.1, 0.15) is 0 Å². The molecule has 0 saturated carbocycles. The fraction of sp³-hybridized carbons (Fsp3) is 0.111. The molecule has 0 atom stereocenters. The zero-order chi connectivity index (χ0) is 8.97. The Morgan fingerprint density at radius 3 is 2.25 bits per heavy atom. The summed E-state index contributed by atoms with van der Waals surface area (Å²) in [6.45, 7) is 0. The molecule has 0 nitrogen and oxygen atoms in total. The van der Waals surface area contributed by atoms with E-state index in [1.807, 2.05) is 24.5 Å². The predicted molar refractivity (Wildman–Crippen MR) is 64.7 cm³/mol. The average Bonchev–Trinajstić information content (AvgIpc) is 2.17. The molecule has 0 fully saturated rings. The van der Waals surface area contributed by atoms with E-state index in [0.29, 0.717) is 0 Å². The first-order chi connectivity index (χ1) is 5.75. The maximum absolute atomic E-state index is 3.52. The monoisotopic (exact) mass is 306 g/mol. The molecule has 0 aromatic heterocycles. The number of halogens is 2. The van der Waals surface area contributed by atoms with E-state index in [1.165, 1.54) is 5.56 Å². The number of hydrogen-bond acceptors (Lipinski definition) is 1. The van der Waals surface area contributed by atoms with Gasteiger partial charge in [0, 0.05) is 4.48 Å². The molecule has 0 bridgehead atoms. The van der Waals surface area contributed by atoms with E-state index in [1.54, 1.807) is 11.8 Å². The maximum atomic E-state index is 3.52. The van der Waals surface area contributed by atoms with Gasteiger partial charge in [-0.3, -0.25) is 0 Å². The Hall–Kier alpha value is 0.270. The summed E-state index contributed by atoms with van der Waals surface area (Å²) >= 11 is 8.68. The van der Waals surface area contributed by atoms with Gasteiger partial charge in [0.2, 0.25) is 0 Å². The predicted octanol–water partition coefficient (Wildman–Crippen LogP) is 4.47. The summed E-state index contributed by atoms with van der Waals surface area (Å²) in [7, 11) is 0. The summed E-state index contributed by atoms with van der Waals surface area (Å²) < 4.78 is 2.23. The van der Waals surface area contributed by atoms with Gasteiger partial charge in [-0.1, -0.05) is 30.3 Å². The van der Waals surface area contributed by atoms with Crippen LogP contribution in [0.1, 0.15) is 5.56 Å². The minimum Gasteiger partial charge on any atom is -0.121 e. The quantitative estimate of drug-likeness (QED) is 0.777. The fourth-order valence-electron chi connectivity index (χ4n) is 0.788. The number of benzene rings is 1. The van der Waals surface area contributed by atoms with Crippen LogP contribution in [0.25, 0.3) is 4.48 Å². The van der Waals surface area contributed by atoms with Crippen molar-refractivity contribution in [3.8, 4) is 0 Å². The molecule has 0 saturated heterocycles. The van der Waals surface area contributed by atoms with Gasteiger partial charge in [0.05, 0.1) is 3.81 Å². The molecule has 0 radical (unpaired) electrons. The summed E-state index contributed by atoms with van der Waals surface area (Å²) in [6, 6.07) is 10.2. The second kappa shape index (κ2) is 5.10. The van der Waals surface area contributed by atoms with Crippen molar-refractivity contribution in [3.05, 3.63) is 39.7 Å². The SMILES string of the molecule is CS/C(Br)=C(\Br)c1ccccc1. The van der Waals surface area contributed by atoms with Crippen LogP contribution in [0.5, 0.6) is 0 Å². The Morgan fingerprint density at radius 2 is 1.75 bits per heavy atom. The van der Waals surface area contributed by atoms with E-state index in [0.717, 1.165) is 8.30 Å². The van der Waals surface area contributed by atoms with Gasteiger partial charge in [-0.2, -0.15) is 0 Å². The van der Waals surface area contributed by atoms with Crippen LogP contribution in [0.2, 0.25) is 0 Å². The molecule has 0 spiro atoms. The highest BCUT2D eigenvalue weighted by Gasteiger charge is 2.00. The van der Waals surface area contributed by atoms with Crippen molar-refractivity contribution in [2.75, 3.05) is 6.26 Å². The van der Waals surface area contributed by atoms with Gasteiger partial charge in [0.25, 0.3) is 0 Å². The summed E-state index contributed by atoms with van der Waals surface area (Å²) in [4.78, 5) is 0. The molecule has 3 heteroatoms.